The van der Waals surface area contributed by atoms with Crippen LogP contribution in [-0.2, 0) is 10.9 Å². The second kappa shape index (κ2) is 35.3. The van der Waals surface area contributed by atoms with Crippen LogP contribution in [0.4, 0.5) is 18.0 Å². The van der Waals surface area contributed by atoms with E-state index in [4.69, 9.17) is 18.8 Å². The molecule has 0 radical (unpaired) electrons. The third-order valence-corrected chi connectivity index (χ3v) is 9.85. The van der Waals surface area contributed by atoms with Crippen molar-refractivity contribution in [2.45, 2.75) is 188 Å². The SMILES string of the molecule is CC(C)CC(C)(C)C.CC(C)CNC(=O)OC(C)(C)C.CC(C)CNO.CC(C)c1ccc(C#Cc2ccc(C(F)(F)F)cc2)o1.CCC(CC)C(C)C.Cc1cccc(C#Cc2ccc(C(C)C)o2)c1. The van der Waals surface area contributed by atoms with Crippen molar-refractivity contribution < 1.29 is 36.7 Å². The van der Waals surface area contributed by atoms with Gasteiger partial charge in [-0.3, -0.25) is 0 Å². The zero-order valence-corrected chi connectivity index (χ0v) is 47.7. The molecule has 0 aliphatic carbocycles. The maximum atomic E-state index is 12.4. The first-order valence-corrected chi connectivity index (χ1v) is 25.5. The lowest BCUT2D eigenvalue weighted by atomic mass is 9.86. The Morgan fingerprint density at radius 3 is 1.38 bits per heavy atom. The summed E-state index contributed by atoms with van der Waals surface area (Å²) in [4.78, 5) is 11.0. The number of halogens is 3. The molecule has 71 heavy (non-hydrogen) atoms. The molecule has 0 atom stereocenters. The second-order valence-corrected chi connectivity index (χ2v) is 22.2. The number of furan rings is 2. The van der Waals surface area contributed by atoms with Gasteiger partial charge in [-0.2, -0.15) is 13.2 Å². The molecule has 0 spiro atoms. The number of amides is 1. The monoisotopic (exact) mass is 993 g/mol. The van der Waals surface area contributed by atoms with Gasteiger partial charge in [0.15, 0.2) is 11.5 Å². The molecule has 2 heterocycles. The van der Waals surface area contributed by atoms with E-state index in [-0.39, 0.29) is 12.0 Å². The maximum Gasteiger partial charge on any atom is 0.416 e. The number of hydrogen-bond acceptors (Lipinski definition) is 6. The average Bonchev–Trinajstić information content (AvgIpc) is 3.93. The first kappa shape index (κ1) is 68.2. The molecule has 10 heteroatoms. The van der Waals surface area contributed by atoms with Crippen LogP contribution in [0.3, 0.4) is 0 Å². The fourth-order valence-electron chi connectivity index (χ4n) is 6.43. The van der Waals surface area contributed by atoms with Crippen molar-refractivity contribution in [2.24, 2.45) is 35.0 Å². The smallest absolute Gasteiger partial charge is 0.416 e. The van der Waals surface area contributed by atoms with Crippen molar-refractivity contribution in [3.05, 3.63) is 118 Å². The van der Waals surface area contributed by atoms with Crippen molar-refractivity contribution in [1.82, 2.24) is 10.8 Å². The lowest BCUT2D eigenvalue weighted by molar-refractivity contribution is -0.137. The number of nitrogens with one attached hydrogen (secondary N) is 2. The molecular formula is C61H95F3N2O5. The Balaban J connectivity index is 0. The maximum absolute atomic E-state index is 12.4. The van der Waals surface area contributed by atoms with Crippen molar-refractivity contribution in [3.63, 3.8) is 0 Å². The zero-order chi connectivity index (χ0) is 55.1. The number of alkyl halides is 3. The molecule has 0 aliphatic rings. The van der Waals surface area contributed by atoms with E-state index in [2.05, 4.69) is 130 Å². The largest absolute Gasteiger partial charge is 0.452 e. The summed E-state index contributed by atoms with van der Waals surface area (Å²) in [6.45, 7) is 45.9. The van der Waals surface area contributed by atoms with Crippen molar-refractivity contribution in [1.29, 1.82) is 0 Å². The van der Waals surface area contributed by atoms with E-state index in [0.29, 0.717) is 47.6 Å². The van der Waals surface area contributed by atoms with Crippen LogP contribution in [0.5, 0.6) is 0 Å². The molecule has 1 amide bonds. The van der Waals surface area contributed by atoms with E-state index in [9.17, 15) is 18.0 Å². The van der Waals surface area contributed by atoms with Gasteiger partial charge < -0.3 is 24.1 Å². The molecule has 3 N–H and O–H groups in total. The summed E-state index contributed by atoms with van der Waals surface area (Å²) in [7, 11) is 0. The minimum Gasteiger partial charge on any atom is -0.452 e. The Labute approximate surface area is 430 Å². The van der Waals surface area contributed by atoms with Gasteiger partial charge in [0, 0.05) is 36.1 Å². The summed E-state index contributed by atoms with van der Waals surface area (Å²) in [6.07, 6.45) is -0.648. The summed E-state index contributed by atoms with van der Waals surface area (Å²) >= 11 is 0. The van der Waals surface area contributed by atoms with Gasteiger partial charge in [-0.25, -0.2) is 10.3 Å². The molecule has 0 fully saturated rings. The summed E-state index contributed by atoms with van der Waals surface area (Å²) in [6, 6.07) is 20.4. The first-order valence-electron chi connectivity index (χ1n) is 25.5. The number of alkyl carbamates (subject to hydrolysis) is 1. The average molecular weight is 993 g/mol. The highest BCUT2D eigenvalue weighted by Gasteiger charge is 2.29. The number of carbonyl (C=O) groups is 1. The van der Waals surface area contributed by atoms with Gasteiger partial charge in [-0.15, -0.1) is 0 Å². The highest BCUT2D eigenvalue weighted by molar-refractivity contribution is 5.67. The quantitative estimate of drug-likeness (QED) is 0.108. The topological polar surface area (TPSA) is 96.9 Å². The molecule has 2 aromatic heterocycles. The fraction of sp³-hybridized carbons (Fsp3) is 0.590. The molecule has 0 unspecified atom stereocenters. The van der Waals surface area contributed by atoms with Gasteiger partial charge in [0.2, 0.25) is 0 Å². The fourth-order valence-corrected chi connectivity index (χ4v) is 6.43. The predicted molar refractivity (Wildman–Crippen MR) is 292 cm³/mol. The summed E-state index contributed by atoms with van der Waals surface area (Å²) in [5, 5.41) is 10.7. The first-order chi connectivity index (χ1) is 32.7. The minimum atomic E-state index is -4.32. The van der Waals surface area contributed by atoms with Crippen LogP contribution in [0.25, 0.3) is 0 Å². The third kappa shape index (κ3) is 37.5. The normalized spacial score (nSPS) is 11.1. The lowest BCUT2D eigenvalue weighted by Gasteiger charge is -2.20. The number of carbonyl (C=O) groups excluding carboxylic acids is 1. The molecule has 0 saturated carbocycles. The van der Waals surface area contributed by atoms with Crippen LogP contribution in [-0.4, -0.2) is 30.0 Å². The molecule has 7 nitrogen and oxygen atoms in total. The van der Waals surface area contributed by atoms with Crippen LogP contribution in [0.1, 0.15) is 215 Å². The molecule has 400 valence electrons. The Bertz CT molecular complexity index is 2120. The van der Waals surface area contributed by atoms with Crippen molar-refractivity contribution in [3.8, 4) is 23.7 Å². The van der Waals surface area contributed by atoms with E-state index < -0.39 is 17.3 Å². The third-order valence-electron chi connectivity index (χ3n) is 9.85. The molecule has 0 bridgehead atoms. The number of benzene rings is 2. The van der Waals surface area contributed by atoms with Crippen LogP contribution in [0.15, 0.2) is 81.6 Å². The van der Waals surface area contributed by atoms with Gasteiger partial charge in [0.1, 0.15) is 17.1 Å². The molecule has 0 saturated heterocycles. The van der Waals surface area contributed by atoms with Crippen molar-refractivity contribution >= 4 is 6.09 Å². The predicted octanol–water partition coefficient (Wildman–Crippen LogP) is 17.9. The lowest BCUT2D eigenvalue weighted by Crippen LogP contribution is -2.34. The number of ether oxygens (including phenoxy) is 1. The Morgan fingerprint density at radius 1 is 0.634 bits per heavy atom. The highest BCUT2D eigenvalue weighted by atomic mass is 19.4. The van der Waals surface area contributed by atoms with Gasteiger partial charge >= 0.3 is 12.3 Å². The van der Waals surface area contributed by atoms with E-state index >= 15 is 0 Å². The number of hydroxylamine groups is 1. The van der Waals surface area contributed by atoms with Gasteiger partial charge in [-0.1, -0.05) is 155 Å². The van der Waals surface area contributed by atoms with E-state index in [1.165, 1.54) is 37.0 Å². The number of rotatable bonds is 10. The highest BCUT2D eigenvalue weighted by Crippen LogP contribution is 2.29. The van der Waals surface area contributed by atoms with Gasteiger partial charge in [0.25, 0.3) is 0 Å². The van der Waals surface area contributed by atoms with Gasteiger partial charge in [0.05, 0.1) is 5.56 Å². The van der Waals surface area contributed by atoms with Crippen LogP contribution < -0.4 is 10.8 Å². The zero-order valence-electron chi connectivity index (χ0n) is 47.7. The summed E-state index contributed by atoms with van der Waals surface area (Å²) < 4.78 is 53.3. The van der Waals surface area contributed by atoms with E-state index in [1.807, 2.05) is 92.6 Å². The summed E-state index contributed by atoms with van der Waals surface area (Å²) in [5.41, 5.74) is 4.27. The van der Waals surface area contributed by atoms with E-state index in [1.54, 1.807) is 6.07 Å². The Morgan fingerprint density at radius 2 is 1.10 bits per heavy atom. The Hall–Kier alpha value is -4.90. The Kier molecular flexibility index (Phi) is 33.9. The van der Waals surface area contributed by atoms with Gasteiger partial charge in [-0.05, 0) is 147 Å². The molecule has 4 rings (SSSR count). The minimum absolute atomic E-state index is 0.275. The molecule has 2 aromatic carbocycles. The van der Waals surface area contributed by atoms with Crippen molar-refractivity contribution in [2.75, 3.05) is 13.1 Å². The van der Waals surface area contributed by atoms with E-state index in [0.717, 1.165) is 52.7 Å². The summed E-state index contributed by atoms with van der Waals surface area (Å²) in [5.74, 6) is 19.1. The number of hydrogen-bond donors (Lipinski definition) is 3. The molecule has 4 aromatic rings. The van der Waals surface area contributed by atoms with Crippen LogP contribution >= 0.6 is 0 Å². The number of aryl methyl sites for hydroxylation is 1. The van der Waals surface area contributed by atoms with Crippen LogP contribution in [0.2, 0.25) is 0 Å². The molecular weight excluding hydrogens is 898 g/mol. The molecule has 0 aliphatic heterocycles. The second-order valence-electron chi connectivity index (χ2n) is 22.2. The standard InChI is InChI=1S/C16H13F3O.C16H16O.C9H19NO2.2C8H18.C4H11NO/c1-11(2)15-10-9-14(20-15)8-5-12-3-6-13(7-4-12)16(17,18)19;1-12(2)16-10-9-15(17-16)8-7-14-6-4-5-13(3)11-14;1-7(2)6-10-8(11)12-9(3,4)5;1-7(2)6-8(3,4)5;1-5-8(6-2)7(3)4;1-4(2)3-5-6/h3-4,6-7,9-11H,1-2H3;4-6,9-12H,1-3H3;7H,6H2,1-5H3,(H,10,11);7H,6H2,1-5H3;7-8H,5-6H2,1-4H3;4-6H,3H2,1-2H3. The van der Waals surface area contributed by atoms with Crippen LogP contribution in [0, 0.1) is 65.6 Å².